The van der Waals surface area contributed by atoms with Gasteiger partial charge in [0.2, 0.25) is 0 Å². The molecule has 0 heterocycles. The Balaban J connectivity index is 3.59. The van der Waals surface area contributed by atoms with Gasteiger partial charge in [0.15, 0.2) is 0 Å². The van der Waals surface area contributed by atoms with E-state index in [4.69, 9.17) is 9.84 Å². The molecule has 0 spiro atoms. The number of hydrogen-bond donors (Lipinski definition) is 1. The standard InChI is InChI=1S/C39H74O4/c1-3-5-7-8-9-10-11-20-23-26-29-32-36-39(42)43-37(33-6-4-2)34-30-27-24-21-18-16-14-12-13-15-17-19-22-25-28-31-35-38(40)41/h8-9,37H,3-7,10-36H2,1-2H3,(H,40,41)/b9-8-. The molecule has 0 fully saturated rings. The summed E-state index contributed by atoms with van der Waals surface area (Å²) in [7, 11) is 0. The summed E-state index contributed by atoms with van der Waals surface area (Å²) in [5, 5.41) is 8.65. The van der Waals surface area contributed by atoms with Crippen LogP contribution < -0.4 is 0 Å². The molecular formula is C39H74O4. The zero-order chi connectivity index (χ0) is 31.5. The predicted molar refractivity (Wildman–Crippen MR) is 186 cm³/mol. The number of esters is 1. The minimum absolute atomic E-state index is 0.0336. The second kappa shape index (κ2) is 35.2. The first-order valence-electron chi connectivity index (χ1n) is 19.2. The van der Waals surface area contributed by atoms with Gasteiger partial charge < -0.3 is 9.84 Å². The number of rotatable bonds is 35. The average Bonchev–Trinajstić information content (AvgIpc) is 2.99. The minimum Gasteiger partial charge on any atom is -0.481 e. The molecular weight excluding hydrogens is 532 g/mol. The fourth-order valence-corrected chi connectivity index (χ4v) is 5.86. The maximum atomic E-state index is 12.5. The number of carbonyl (C=O) groups is 2. The zero-order valence-electron chi connectivity index (χ0n) is 29.0. The Bertz CT molecular complexity index is 614. The van der Waals surface area contributed by atoms with Gasteiger partial charge in [0.1, 0.15) is 6.10 Å². The summed E-state index contributed by atoms with van der Waals surface area (Å²) in [6.07, 6.45) is 42.8. The highest BCUT2D eigenvalue weighted by Gasteiger charge is 2.13. The highest BCUT2D eigenvalue weighted by molar-refractivity contribution is 5.69. The molecule has 1 atom stereocenters. The van der Waals surface area contributed by atoms with E-state index in [0.717, 1.165) is 44.9 Å². The van der Waals surface area contributed by atoms with E-state index in [1.807, 2.05) is 0 Å². The first-order chi connectivity index (χ1) is 21.1. The Morgan fingerprint density at radius 2 is 0.860 bits per heavy atom. The summed E-state index contributed by atoms with van der Waals surface area (Å²) in [5.74, 6) is -0.629. The van der Waals surface area contributed by atoms with Crippen molar-refractivity contribution < 1.29 is 19.4 Å². The van der Waals surface area contributed by atoms with Crippen LogP contribution in [0.5, 0.6) is 0 Å². The van der Waals surface area contributed by atoms with Crippen LogP contribution >= 0.6 is 0 Å². The van der Waals surface area contributed by atoms with E-state index in [1.165, 1.54) is 148 Å². The van der Waals surface area contributed by atoms with Crippen molar-refractivity contribution in [3.05, 3.63) is 12.2 Å². The number of unbranched alkanes of at least 4 members (excludes halogenated alkanes) is 24. The molecule has 1 N–H and O–H groups in total. The Hall–Kier alpha value is -1.32. The van der Waals surface area contributed by atoms with Gasteiger partial charge in [-0.3, -0.25) is 9.59 Å². The van der Waals surface area contributed by atoms with Gasteiger partial charge in [-0.15, -0.1) is 0 Å². The van der Waals surface area contributed by atoms with Gasteiger partial charge in [-0.05, 0) is 51.4 Å². The fourth-order valence-electron chi connectivity index (χ4n) is 5.86. The Morgan fingerprint density at radius 3 is 1.33 bits per heavy atom. The van der Waals surface area contributed by atoms with Crippen LogP contribution in [0.15, 0.2) is 12.2 Å². The van der Waals surface area contributed by atoms with Gasteiger partial charge in [0, 0.05) is 12.8 Å². The Morgan fingerprint density at radius 1 is 0.488 bits per heavy atom. The largest absolute Gasteiger partial charge is 0.481 e. The first kappa shape index (κ1) is 41.7. The van der Waals surface area contributed by atoms with Crippen LogP contribution in [0.4, 0.5) is 0 Å². The minimum atomic E-state index is -0.663. The lowest BCUT2D eigenvalue weighted by atomic mass is 10.0. The second-order valence-electron chi connectivity index (χ2n) is 13.1. The van der Waals surface area contributed by atoms with E-state index in [0.29, 0.717) is 12.8 Å². The van der Waals surface area contributed by atoms with Crippen molar-refractivity contribution in [2.24, 2.45) is 0 Å². The molecule has 1 unspecified atom stereocenters. The molecule has 0 amide bonds. The third kappa shape index (κ3) is 35.0. The lowest BCUT2D eigenvalue weighted by molar-refractivity contribution is -0.150. The number of carboxylic acids is 1. The van der Waals surface area contributed by atoms with Crippen molar-refractivity contribution in [3.8, 4) is 0 Å². The normalized spacial score (nSPS) is 12.2. The fraction of sp³-hybridized carbons (Fsp3) is 0.897. The molecule has 0 aliphatic carbocycles. The van der Waals surface area contributed by atoms with E-state index < -0.39 is 5.97 Å². The summed E-state index contributed by atoms with van der Waals surface area (Å²) in [6, 6.07) is 0. The van der Waals surface area contributed by atoms with Crippen molar-refractivity contribution in [3.63, 3.8) is 0 Å². The molecule has 0 aliphatic rings. The zero-order valence-corrected chi connectivity index (χ0v) is 29.0. The lowest BCUT2D eigenvalue weighted by Gasteiger charge is -2.18. The molecule has 0 radical (unpaired) electrons. The van der Waals surface area contributed by atoms with Gasteiger partial charge in [0.25, 0.3) is 0 Å². The number of allylic oxidation sites excluding steroid dienone is 2. The molecule has 4 heteroatoms. The number of ether oxygens (including phenoxy) is 1. The van der Waals surface area contributed by atoms with Crippen LogP contribution in [0, 0.1) is 0 Å². The molecule has 0 aromatic carbocycles. The number of aliphatic carboxylic acids is 1. The van der Waals surface area contributed by atoms with Gasteiger partial charge in [-0.2, -0.15) is 0 Å². The average molecular weight is 607 g/mol. The summed E-state index contributed by atoms with van der Waals surface area (Å²) in [4.78, 5) is 23.0. The van der Waals surface area contributed by atoms with Gasteiger partial charge in [-0.1, -0.05) is 167 Å². The second-order valence-corrected chi connectivity index (χ2v) is 13.1. The van der Waals surface area contributed by atoms with Crippen LogP contribution in [0.25, 0.3) is 0 Å². The van der Waals surface area contributed by atoms with Crippen LogP contribution in [0.3, 0.4) is 0 Å². The molecule has 254 valence electrons. The molecule has 43 heavy (non-hydrogen) atoms. The summed E-state index contributed by atoms with van der Waals surface area (Å²) in [5.41, 5.74) is 0. The van der Waals surface area contributed by atoms with Gasteiger partial charge in [-0.25, -0.2) is 0 Å². The van der Waals surface area contributed by atoms with Crippen molar-refractivity contribution in [2.75, 3.05) is 0 Å². The predicted octanol–water partition coefficient (Wildman–Crippen LogP) is 13.1. The topological polar surface area (TPSA) is 63.6 Å². The molecule has 4 nitrogen and oxygen atoms in total. The molecule has 0 aromatic heterocycles. The third-order valence-corrected chi connectivity index (χ3v) is 8.74. The van der Waals surface area contributed by atoms with E-state index >= 15 is 0 Å². The maximum absolute atomic E-state index is 12.5. The first-order valence-corrected chi connectivity index (χ1v) is 19.2. The molecule has 0 bridgehead atoms. The Kier molecular flexibility index (Phi) is 34.1. The number of carboxylic acid groups (broad SMARTS) is 1. The van der Waals surface area contributed by atoms with Crippen molar-refractivity contribution in [1.29, 1.82) is 0 Å². The van der Waals surface area contributed by atoms with Crippen LogP contribution in [0.1, 0.15) is 219 Å². The number of hydrogen-bond acceptors (Lipinski definition) is 3. The molecule has 0 saturated heterocycles. The molecule has 0 rings (SSSR count). The lowest BCUT2D eigenvalue weighted by Crippen LogP contribution is -2.18. The smallest absolute Gasteiger partial charge is 0.306 e. The third-order valence-electron chi connectivity index (χ3n) is 8.74. The van der Waals surface area contributed by atoms with Gasteiger partial charge >= 0.3 is 11.9 Å². The highest BCUT2D eigenvalue weighted by atomic mass is 16.5. The van der Waals surface area contributed by atoms with E-state index in [-0.39, 0.29) is 12.1 Å². The Labute approximate surface area is 268 Å². The van der Waals surface area contributed by atoms with Crippen LogP contribution in [0.2, 0.25) is 0 Å². The van der Waals surface area contributed by atoms with Crippen molar-refractivity contribution >= 4 is 11.9 Å². The van der Waals surface area contributed by atoms with Crippen molar-refractivity contribution in [2.45, 2.75) is 225 Å². The summed E-state index contributed by atoms with van der Waals surface area (Å²) >= 11 is 0. The SMILES string of the molecule is CCCC/C=C\CCCCCCCCC(=O)OC(CCCC)CCCCCCCCCCCCCCCCCCC(=O)O. The highest BCUT2D eigenvalue weighted by Crippen LogP contribution is 2.18. The quantitative estimate of drug-likeness (QED) is 0.0443. The molecule has 0 saturated carbocycles. The van der Waals surface area contributed by atoms with E-state index in [1.54, 1.807) is 0 Å². The van der Waals surface area contributed by atoms with Gasteiger partial charge in [0.05, 0.1) is 0 Å². The van der Waals surface area contributed by atoms with Crippen molar-refractivity contribution in [1.82, 2.24) is 0 Å². The molecule has 0 aliphatic heterocycles. The molecule has 0 aromatic rings. The summed E-state index contributed by atoms with van der Waals surface area (Å²) in [6.45, 7) is 4.46. The van der Waals surface area contributed by atoms with Crippen LogP contribution in [-0.4, -0.2) is 23.1 Å². The van der Waals surface area contributed by atoms with Crippen LogP contribution in [-0.2, 0) is 14.3 Å². The van der Waals surface area contributed by atoms with E-state index in [2.05, 4.69) is 26.0 Å². The number of carbonyl (C=O) groups excluding carboxylic acids is 1. The summed E-state index contributed by atoms with van der Waals surface area (Å²) < 4.78 is 5.92. The monoisotopic (exact) mass is 607 g/mol. The maximum Gasteiger partial charge on any atom is 0.306 e. The van der Waals surface area contributed by atoms with E-state index in [9.17, 15) is 9.59 Å².